The summed E-state index contributed by atoms with van der Waals surface area (Å²) in [6.45, 7) is 0. The fourth-order valence-electron chi connectivity index (χ4n) is 0. The predicted molar refractivity (Wildman–Crippen MR) is 23.2 cm³/mol. The van der Waals surface area contributed by atoms with Gasteiger partial charge in [-0.1, -0.05) is 0 Å². The predicted octanol–water partition coefficient (Wildman–Crippen LogP) is -3.52. The van der Waals surface area contributed by atoms with Gasteiger partial charge in [0, 0.05) is 0 Å². The zero-order chi connectivity index (χ0) is 3.58. The second kappa shape index (κ2) is 9.32. The van der Waals surface area contributed by atoms with Crippen LogP contribution in [0.15, 0.2) is 0 Å². The molecule has 0 rings (SSSR count). The first-order valence-electron chi connectivity index (χ1n) is 0.775. The molecule has 0 aliphatic heterocycles. The van der Waals surface area contributed by atoms with Crippen LogP contribution in [-0.4, -0.2) is 57.4 Å². The van der Waals surface area contributed by atoms with Crippen molar-refractivity contribution in [3.8, 4) is 0 Å². The molecule has 0 aliphatic rings. The number of hydrogen-bond acceptors (Lipinski definition) is 3. The van der Waals surface area contributed by atoms with Gasteiger partial charge in [-0.15, -0.1) is 0 Å². The molecule has 34 valence electrons. The minimum absolute atomic E-state index is 0. The first kappa shape index (κ1) is 15.8. The van der Waals surface area contributed by atoms with Gasteiger partial charge in [-0.2, -0.15) is 0 Å². The van der Waals surface area contributed by atoms with Crippen molar-refractivity contribution in [1.29, 1.82) is 0 Å². The van der Waals surface area contributed by atoms with Gasteiger partial charge < -0.3 is 20.5 Å². The van der Waals surface area contributed by atoms with E-state index in [9.17, 15) is 0 Å². The summed E-state index contributed by atoms with van der Waals surface area (Å²) in [6.07, 6.45) is 0. The fraction of sp³-hybridized carbons (Fsp3) is 0. The second-order valence-corrected chi connectivity index (χ2v) is 0.346. The van der Waals surface area contributed by atoms with Crippen LogP contribution in [0.25, 0.3) is 0 Å². The molecule has 0 amide bonds. The van der Waals surface area contributed by atoms with Crippen molar-refractivity contribution < 1.29 is 20.5 Å². The minimum atomic E-state index is -2.17. The van der Waals surface area contributed by atoms with Crippen molar-refractivity contribution in [3.05, 3.63) is 0 Å². The number of hydrogen-bond donors (Lipinski definition) is 3. The Morgan fingerprint density at radius 2 is 1.00 bits per heavy atom. The Kier molecular flexibility index (Phi) is 24.5. The van der Waals surface area contributed by atoms with Crippen molar-refractivity contribution in [2.24, 2.45) is 0 Å². The SMILES string of the molecule is O.OB(O)O.[NaH]. The van der Waals surface area contributed by atoms with E-state index in [0.717, 1.165) is 0 Å². The molecule has 0 aromatic carbocycles. The van der Waals surface area contributed by atoms with Gasteiger partial charge in [0.25, 0.3) is 0 Å². The van der Waals surface area contributed by atoms with Crippen molar-refractivity contribution >= 4 is 36.9 Å². The molecule has 0 aromatic rings. The van der Waals surface area contributed by atoms with Crippen LogP contribution in [-0.2, 0) is 0 Å². The summed E-state index contributed by atoms with van der Waals surface area (Å²) in [5.41, 5.74) is 0. The molecule has 0 aromatic heterocycles. The van der Waals surface area contributed by atoms with E-state index in [0.29, 0.717) is 0 Å². The molecule has 5 N–H and O–H groups in total. The van der Waals surface area contributed by atoms with Crippen molar-refractivity contribution in [2.75, 3.05) is 0 Å². The molecule has 0 bridgehead atoms. The quantitative estimate of drug-likeness (QED) is 0.278. The Morgan fingerprint density at radius 3 is 1.00 bits per heavy atom. The molecule has 0 radical (unpaired) electrons. The van der Waals surface area contributed by atoms with Gasteiger partial charge in [0.05, 0.1) is 0 Å². The van der Waals surface area contributed by atoms with Crippen LogP contribution in [0.2, 0.25) is 0 Å². The average Bonchev–Trinajstić information content (AvgIpc) is 0.811. The van der Waals surface area contributed by atoms with E-state index < -0.39 is 7.32 Å². The molecule has 6 heteroatoms. The van der Waals surface area contributed by atoms with E-state index in [4.69, 9.17) is 15.1 Å². The molecule has 4 nitrogen and oxygen atoms in total. The third-order valence-electron chi connectivity index (χ3n) is 0. The molecular weight excluding hydrogens is 97.8 g/mol. The molecule has 6 heavy (non-hydrogen) atoms. The van der Waals surface area contributed by atoms with E-state index in [-0.39, 0.29) is 35.0 Å². The molecule has 0 heterocycles. The van der Waals surface area contributed by atoms with E-state index in [2.05, 4.69) is 0 Å². The third kappa shape index (κ3) is 91.3. The molecule has 0 atom stereocenters. The summed E-state index contributed by atoms with van der Waals surface area (Å²) in [5.74, 6) is 0. The van der Waals surface area contributed by atoms with Crippen LogP contribution in [0.5, 0.6) is 0 Å². The molecule has 0 fully saturated rings. The van der Waals surface area contributed by atoms with Gasteiger partial charge in [-0.05, 0) is 0 Å². The molecule has 0 aliphatic carbocycles. The first-order chi connectivity index (χ1) is 1.73. The van der Waals surface area contributed by atoms with Gasteiger partial charge in [0.15, 0.2) is 0 Å². The standard InChI is InChI=1S/BH3O3.Na.H2O.H/c2-1(3)4;;;/h2-4H;;1H2;. The van der Waals surface area contributed by atoms with E-state index in [1.165, 1.54) is 0 Å². The molecule has 0 saturated heterocycles. The normalized spacial score (nSPS) is 4.50. The monoisotopic (exact) mass is 104 g/mol. The van der Waals surface area contributed by atoms with Crippen molar-refractivity contribution in [2.45, 2.75) is 0 Å². The van der Waals surface area contributed by atoms with Crippen LogP contribution in [0, 0.1) is 0 Å². The van der Waals surface area contributed by atoms with Crippen LogP contribution in [0.4, 0.5) is 0 Å². The topological polar surface area (TPSA) is 92.2 Å². The first-order valence-corrected chi connectivity index (χ1v) is 0.775. The van der Waals surface area contributed by atoms with Crippen LogP contribution in [0.3, 0.4) is 0 Å². The maximum atomic E-state index is 7.17. The maximum absolute atomic E-state index is 7.17. The van der Waals surface area contributed by atoms with Crippen LogP contribution in [0.1, 0.15) is 0 Å². The molecule has 0 saturated carbocycles. The molecule has 0 spiro atoms. The van der Waals surface area contributed by atoms with Gasteiger partial charge in [0.2, 0.25) is 0 Å². The zero-order valence-electron chi connectivity index (χ0n) is 2.42. The Bertz CT molecular complexity index is 12.3. The Morgan fingerprint density at radius 1 is 1.00 bits per heavy atom. The van der Waals surface area contributed by atoms with Gasteiger partial charge in [-0.3, -0.25) is 0 Å². The Labute approximate surface area is 57.6 Å². The Hall–Kier alpha value is 0.905. The average molecular weight is 104 g/mol. The van der Waals surface area contributed by atoms with Gasteiger partial charge in [-0.25, -0.2) is 0 Å². The van der Waals surface area contributed by atoms with Crippen molar-refractivity contribution in [3.63, 3.8) is 0 Å². The summed E-state index contributed by atoms with van der Waals surface area (Å²) >= 11 is 0. The van der Waals surface area contributed by atoms with E-state index in [1.54, 1.807) is 0 Å². The van der Waals surface area contributed by atoms with Crippen molar-refractivity contribution in [1.82, 2.24) is 0 Å². The summed E-state index contributed by atoms with van der Waals surface area (Å²) in [6, 6.07) is 0. The van der Waals surface area contributed by atoms with Crippen LogP contribution < -0.4 is 0 Å². The zero-order valence-corrected chi connectivity index (χ0v) is 2.42. The van der Waals surface area contributed by atoms with Gasteiger partial charge >= 0.3 is 36.9 Å². The fourth-order valence-corrected chi connectivity index (χ4v) is 0. The Balaban J connectivity index is -0.0000000450. The van der Waals surface area contributed by atoms with E-state index in [1.807, 2.05) is 0 Å². The van der Waals surface area contributed by atoms with Crippen LogP contribution >= 0.6 is 0 Å². The molecular formula is H6BNaO4. The van der Waals surface area contributed by atoms with Gasteiger partial charge in [0.1, 0.15) is 0 Å². The summed E-state index contributed by atoms with van der Waals surface area (Å²) in [7, 11) is -2.17. The molecule has 0 unspecified atom stereocenters. The number of rotatable bonds is 0. The van der Waals surface area contributed by atoms with E-state index >= 15 is 0 Å². The third-order valence-corrected chi connectivity index (χ3v) is 0. The summed E-state index contributed by atoms with van der Waals surface area (Å²) < 4.78 is 0. The summed E-state index contributed by atoms with van der Waals surface area (Å²) in [4.78, 5) is 0. The second-order valence-electron chi connectivity index (χ2n) is 0.346. The summed E-state index contributed by atoms with van der Waals surface area (Å²) in [5, 5.41) is 21.5.